The molecule has 2 heterocycles. The normalized spacial score (nSPS) is 17.1. The monoisotopic (exact) mass is 153 g/mol. The minimum absolute atomic E-state index is 0.129. The number of rotatable bonds is 1. The molecule has 0 atom stereocenters. The Morgan fingerprint density at radius 1 is 1.64 bits per heavy atom. The standard InChI is InChI=1S/C5H7N5O/c11-5-7-1-2-9(5)10-4-6-3-8-10/h3-4H,1-2H2,(H,7,11). The van der Waals surface area contributed by atoms with Crippen LogP contribution in [0.25, 0.3) is 0 Å². The summed E-state index contributed by atoms with van der Waals surface area (Å²) >= 11 is 0. The van der Waals surface area contributed by atoms with Crippen LogP contribution in [0.15, 0.2) is 12.7 Å². The first-order valence-electron chi connectivity index (χ1n) is 3.28. The zero-order valence-corrected chi connectivity index (χ0v) is 5.77. The Bertz CT molecular complexity index is 256. The maximum absolute atomic E-state index is 11.0. The molecule has 2 rings (SSSR count). The summed E-state index contributed by atoms with van der Waals surface area (Å²) in [5, 5.41) is 7.95. The van der Waals surface area contributed by atoms with Gasteiger partial charge >= 0.3 is 6.03 Å². The third-order valence-electron chi connectivity index (χ3n) is 1.49. The van der Waals surface area contributed by atoms with E-state index in [0.29, 0.717) is 13.1 Å². The summed E-state index contributed by atoms with van der Waals surface area (Å²) in [5.41, 5.74) is 0. The van der Waals surface area contributed by atoms with Gasteiger partial charge in [-0.3, -0.25) is 0 Å². The summed E-state index contributed by atoms with van der Waals surface area (Å²) in [6, 6.07) is -0.129. The van der Waals surface area contributed by atoms with Crippen molar-refractivity contribution in [2.75, 3.05) is 18.1 Å². The van der Waals surface area contributed by atoms with Crippen LogP contribution in [0.5, 0.6) is 0 Å². The van der Waals surface area contributed by atoms with E-state index in [4.69, 9.17) is 0 Å². The lowest BCUT2D eigenvalue weighted by molar-refractivity contribution is 0.247. The number of nitrogens with zero attached hydrogens (tertiary/aromatic N) is 4. The number of carbonyl (C=O) groups excluding carboxylic acids is 1. The molecule has 0 unspecified atom stereocenters. The van der Waals surface area contributed by atoms with Crippen LogP contribution in [-0.4, -0.2) is 34.0 Å². The number of hydrogen-bond donors (Lipinski definition) is 1. The van der Waals surface area contributed by atoms with Gasteiger partial charge in [0.05, 0.1) is 6.54 Å². The number of hydrogen-bond acceptors (Lipinski definition) is 3. The molecule has 1 N–H and O–H groups in total. The molecule has 0 aromatic carbocycles. The fourth-order valence-electron chi connectivity index (χ4n) is 0.984. The fraction of sp³-hybridized carbons (Fsp3) is 0.400. The van der Waals surface area contributed by atoms with Crippen LogP contribution in [0.1, 0.15) is 0 Å². The third-order valence-corrected chi connectivity index (χ3v) is 1.49. The van der Waals surface area contributed by atoms with E-state index < -0.39 is 0 Å². The number of nitrogens with one attached hydrogen (secondary N) is 1. The average Bonchev–Trinajstić information content (AvgIpc) is 2.55. The first kappa shape index (κ1) is 6.14. The van der Waals surface area contributed by atoms with Crippen LogP contribution < -0.4 is 10.3 Å². The van der Waals surface area contributed by atoms with E-state index in [-0.39, 0.29) is 6.03 Å². The van der Waals surface area contributed by atoms with Crippen molar-refractivity contribution in [2.24, 2.45) is 0 Å². The number of aromatic nitrogens is 3. The Morgan fingerprint density at radius 3 is 3.09 bits per heavy atom. The molecule has 0 spiro atoms. The molecule has 2 amide bonds. The summed E-state index contributed by atoms with van der Waals surface area (Å²) in [7, 11) is 0. The van der Waals surface area contributed by atoms with E-state index in [1.165, 1.54) is 22.5 Å². The van der Waals surface area contributed by atoms with E-state index in [1.54, 1.807) is 0 Å². The lowest BCUT2D eigenvalue weighted by atomic mass is 10.7. The summed E-state index contributed by atoms with van der Waals surface area (Å²) in [6.45, 7) is 1.31. The predicted molar refractivity (Wildman–Crippen MR) is 36.5 cm³/mol. The molecule has 0 aliphatic carbocycles. The van der Waals surface area contributed by atoms with Crippen molar-refractivity contribution in [1.29, 1.82) is 0 Å². The Morgan fingerprint density at radius 2 is 2.55 bits per heavy atom. The van der Waals surface area contributed by atoms with E-state index in [1.807, 2.05) is 0 Å². The summed E-state index contributed by atoms with van der Waals surface area (Å²) in [4.78, 5) is 16.1. The molecule has 0 saturated carbocycles. The topological polar surface area (TPSA) is 63.1 Å². The molecule has 6 nitrogen and oxygen atoms in total. The highest BCUT2D eigenvalue weighted by molar-refractivity contribution is 5.86. The SMILES string of the molecule is O=C1NCCN1n1cncn1. The predicted octanol–water partition coefficient (Wildman–Crippen LogP) is -1.06. The van der Waals surface area contributed by atoms with Crippen molar-refractivity contribution >= 4 is 6.03 Å². The van der Waals surface area contributed by atoms with Gasteiger partial charge in [0.1, 0.15) is 12.7 Å². The van der Waals surface area contributed by atoms with Crippen LogP contribution >= 0.6 is 0 Å². The van der Waals surface area contributed by atoms with Gasteiger partial charge in [0, 0.05) is 6.54 Å². The molecule has 1 aliphatic heterocycles. The van der Waals surface area contributed by atoms with Gasteiger partial charge in [0.25, 0.3) is 0 Å². The number of urea groups is 1. The zero-order valence-electron chi connectivity index (χ0n) is 5.77. The molecule has 11 heavy (non-hydrogen) atoms. The van der Waals surface area contributed by atoms with Gasteiger partial charge in [0.15, 0.2) is 0 Å². The first-order chi connectivity index (χ1) is 5.38. The minimum atomic E-state index is -0.129. The second-order valence-corrected chi connectivity index (χ2v) is 2.17. The van der Waals surface area contributed by atoms with Crippen molar-refractivity contribution in [3.8, 4) is 0 Å². The molecule has 1 aliphatic rings. The van der Waals surface area contributed by atoms with Crippen molar-refractivity contribution < 1.29 is 4.79 Å². The molecule has 1 saturated heterocycles. The van der Waals surface area contributed by atoms with Gasteiger partial charge in [-0.25, -0.2) is 14.8 Å². The van der Waals surface area contributed by atoms with E-state index in [2.05, 4.69) is 15.4 Å². The van der Waals surface area contributed by atoms with Crippen molar-refractivity contribution in [3.05, 3.63) is 12.7 Å². The summed E-state index contributed by atoms with van der Waals surface area (Å²) in [5.74, 6) is 0. The number of amides is 2. The van der Waals surface area contributed by atoms with Crippen LogP contribution in [0, 0.1) is 0 Å². The van der Waals surface area contributed by atoms with Crippen LogP contribution in [0.4, 0.5) is 4.79 Å². The van der Waals surface area contributed by atoms with Gasteiger partial charge in [-0.2, -0.15) is 4.79 Å². The largest absolute Gasteiger partial charge is 0.337 e. The molecule has 58 valence electrons. The smallest absolute Gasteiger partial charge is 0.335 e. The van der Waals surface area contributed by atoms with Crippen LogP contribution in [0.2, 0.25) is 0 Å². The molecular formula is C5H7N5O. The Balaban J connectivity index is 2.23. The molecule has 6 heteroatoms. The molecule has 1 aromatic rings. The van der Waals surface area contributed by atoms with E-state index >= 15 is 0 Å². The average molecular weight is 153 g/mol. The highest BCUT2D eigenvalue weighted by Crippen LogP contribution is 1.93. The van der Waals surface area contributed by atoms with Crippen molar-refractivity contribution in [1.82, 2.24) is 20.2 Å². The van der Waals surface area contributed by atoms with Crippen molar-refractivity contribution in [3.63, 3.8) is 0 Å². The molecule has 1 aromatic heterocycles. The molecule has 0 bridgehead atoms. The van der Waals surface area contributed by atoms with Gasteiger partial charge < -0.3 is 5.32 Å². The maximum atomic E-state index is 11.0. The highest BCUT2D eigenvalue weighted by Gasteiger charge is 2.20. The summed E-state index contributed by atoms with van der Waals surface area (Å²) < 4.78 is 0. The quantitative estimate of drug-likeness (QED) is 0.559. The summed E-state index contributed by atoms with van der Waals surface area (Å²) in [6.07, 6.45) is 2.89. The van der Waals surface area contributed by atoms with Gasteiger partial charge in [0.2, 0.25) is 0 Å². The van der Waals surface area contributed by atoms with E-state index in [9.17, 15) is 4.79 Å². The van der Waals surface area contributed by atoms with Gasteiger partial charge in [-0.15, -0.1) is 5.10 Å². The highest BCUT2D eigenvalue weighted by atomic mass is 16.2. The third kappa shape index (κ3) is 0.917. The Hall–Kier alpha value is -1.59. The zero-order chi connectivity index (χ0) is 7.68. The maximum Gasteiger partial charge on any atom is 0.337 e. The number of carbonyl (C=O) groups is 1. The van der Waals surface area contributed by atoms with Crippen molar-refractivity contribution in [2.45, 2.75) is 0 Å². The fourth-order valence-corrected chi connectivity index (χ4v) is 0.984. The molecular weight excluding hydrogens is 146 g/mol. The Labute approximate surface area is 62.8 Å². The lowest BCUT2D eigenvalue weighted by Crippen LogP contribution is -2.37. The molecule has 1 fully saturated rings. The Kier molecular flexibility index (Phi) is 1.24. The molecule has 0 radical (unpaired) electrons. The second kappa shape index (κ2) is 2.22. The van der Waals surface area contributed by atoms with Crippen LogP contribution in [0.3, 0.4) is 0 Å². The van der Waals surface area contributed by atoms with E-state index in [0.717, 1.165) is 0 Å². The van der Waals surface area contributed by atoms with Crippen LogP contribution in [-0.2, 0) is 0 Å². The minimum Gasteiger partial charge on any atom is -0.335 e. The van der Waals surface area contributed by atoms with Gasteiger partial charge in [-0.05, 0) is 0 Å². The lowest BCUT2D eigenvalue weighted by Gasteiger charge is -2.11. The van der Waals surface area contributed by atoms with Gasteiger partial charge in [-0.1, -0.05) is 0 Å². The second-order valence-electron chi connectivity index (χ2n) is 2.17. The first-order valence-corrected chi connectivity index (χ1v) is 3.28.